The van der Waals surface area contributed by atoms with E-state index in [4.69, 9.17) is 18.9 Å². The Labute approximate surface area is 147 Å². The molecule has 0 unspecified atom stereocenters. The van der Waals surface area contributed by atoms with Crippen molar-refractivity contribution in [1.82, 2.24) is 4.90 Å². The number of hydrogen-bond donors (Lipinski definition) is 0. The average molecular weight is 347 g/mol. The molecule has 4 saturated heterocycles. The summed E-state index contributed by atoms with van der Waals surface area (Å²) in [6, 6.07) is 0.400. The highest BCUT2D eigenvalue weighted by molar-refractivity contribution is 5.93. The number of esters is 1. The molecule has 25 heavy (non-hydrogen) atoms. The highest BCUT2D eigenvalue weighted by Crippen LogP contribution is 2.59. The molecule has 0 aromatic carbocycles. The molecule has 0 radical (unpaired) electrons. The van der Waals surface area contributed by atoms with E-state index in [0.29, 0.717) is 23.1 Å². The van der Waals surface area contributed by atoms with Gasteiger partial charge in [0, 0.05) is 18.4 Å². The van der Waals surface area contributed by atoms with Crippen molar-refractivity contribution in [1.29, 1.82) is 0 Å². The second-order valence-corrected chi connectivity index (χ2v) is 7.90. The Balaban J connectivity index is 1.59. The number of carbonyl (C=O) groups is 1. The Bertz CT molecular complexity index is 692. The SMILES string of the molecule is COC1=C(C)C(=O)O/C1=C1\O[C@@]23CCCN4CCC[C@@H](O2)[C@H]4[C@H]3[C@@H]1C. The first-order chi connectivity index (χ1) is 12.1. The van der Waals surface area contributed by atoms with E-state index in [0.717, 1.165) is 38.1 Å². The van der Waals surface area contributed by atoms with Crippen LogP contribution >= 0.6 is 0 Å². The fourth-order valence-corrected chi connectivity index (χ4v) is 5.65. The lowest BCUT2D eigenvalue weighted by atomic mass is 9.79. The van der Waals surface area contributed by atoms with Crippen LogP contribution in [0, 0.1) is 11.8 Å². The predicted molar refractivity (Wildman–Crippen MR) is 88.0 cm³/mol. The highest BCUT2D eigenvalue weighted by Gasteiger charge is 2.67. The van der Waals surface area contributed by atoms with Gasteiger partial charge in [0.1, 0.15) is 5.76 Å². The lowest BCUT2D eigenvalue weighted by Crippen LogP contribution is -2.49. The molecule has 0 amide bonds. The van der Waals surface area contributed by atoms with Gasteiger partial charge < -0.3 is 18.9 Å². The van der Waals surface area contributed by atoms with Crippen LogP contribution in [0.15, 0.2) is 22.9 Å². The van der Waals surface area contributed by atoms with Gasteiger partial charge in [0.15, 0.2) is 5.76 Å². The third kappa shape index (κ3) is 1.95. The minimum Gasteiger partial charge on any atom is -0.492 e. The number of allylic oxidation sites excluding steroid dienone is 1. The van der Waals surface area contributed by atoms with Crippen LogP contribution < -0.4 is 0 Å². The highest BCUT2D eigenvalue weighted by atomic mass is 16.7. The van der Waals surface area contributed by atoms with Crippen LogP contribution in [0.4, 0.5) is 0 Å². The largest absolute Gasteiger partial charge is 0.492 e. The van der Waals surface area contributed by atoms with E-state index < -0.39 is 5.79 Å². The number of methoxy groups -OCH3 is 1. The van der Waals surface area contributed by atoms with Crippen LogP contribution in [0.25, 0.3) is 0 Å². The van der Waals surface area contributed by atoms with Gasteiger partial charge in [-0.3, -0.25) is 4.90 Å². The molecule has 5 aliphatic heterocycles. The van der Waals surface area contributed by atoms with Crippen LogP contribution in [0.1, 0.15) is 39.5 Å². The zero-order valence-electron chi connectivity index (χ0n) is 15.0. The van der Waals surface area contributed by atoms with Crippen LogP contribution in [-0.2, 0) is 23.7 Å². The Morgan fingerprint density at radius 1 is 1.28 bits per heavy atom. The molecule has 0 spiro atoms. The molecule has 5 heterocycles. The Hall–Kier alpha value is -1.53. The quantitative estimate of drug-likeness (QED) is 0.679. The fourth-order valence-electron chi connectivity index (χ4n) is 5.65. The molecule has 5 atom stereocenters. The van der Waals surface area contributed by atoms with E-state index in [-0.39, 0.29) is 23.9 Å². The van der Waals surface area contributed by atoms with Gasteiger partial charge in [-0.25, -0.2) is 4.79 Å². The minimum atomic E-state index is -0.572. The zero-order chi connectivity index (χ0) is 17.3. The summed E-state index contributed by atoms with van der Waals surface area (Å²) in [6.45, 7) is 6.17. The molecule has 6 nitrogen and oxygen atoms in total. The topological polar surface area (TPSA) is 57.2 Å². The normalized spacial score (nSPS) is 46.0. The molecule has 0 aromatic heterocycles. The maximum Gasteiger partial charge on any atom is 0.343 e. The van der Waals surface area contributed by atoms with Crippen LogP contribution in [0.3, 0.4) is 0 Å². The monoisotopic (exact) mass is 347 g/mol. The van der Waals surface area contributed by atoms with Crippen LogP contribution in [0.2, 0.25) is 0 Å². The number of piperidine rings is 1. The Kier molecular flexibility index (Phi) is 3.29. The van der Waals surface area contributed by atoms with Gasteiger partial charge in [0.05, 0.1) is 24.7 Å². The average Bonchev–Trinajstić information content (AvgIpc) is 3.11. The molecule has 0 aliphatic carbocycles. The summed E-state index contributed by atoms with van der Waals surface area (Å²) in [7, 11) is 1.57. The van der Waals surface area contributed by atoms with Crippen molar-refractivity contribution in [2.45, 2.75) is 57.5 Å². The third-order valence-corrected chi connectivity index (χ3v) is 6.64. The zero-order valence-corrected chi connectivity index (χ0v) is 15.0. The summed E-state index contributed by atoms with van der Waals surface area (Å²) in [4.78, 5) is 14.6. The lowest BCUT2D eigenvalue weighted by Gasteiger charge is -2.39. The molecule has 0 aromatic rings. The number of cyclic esters (lactones) is 1. The van der Waals surface area contributed by atoms with Gasteiger partial charge in [-0.05, 0) is 39.3 Å². The molecule has 0 N–H and O–H groups in total. The molecule has 4 fully saturated rings. The van der Waals surface area contributed by atoms with Crippen molar-refractivity contribution in [3.8, 4) is 0 Å². The van der Waals surface area contributed by atoms with Gasteiger partial charge in [-0.2, -0.15) is 0 Å². The first-order valence-electron chi connectivity index (χ1n) is 9.38. The molecule has 6 heteroatoms. The summed E-state index contributed by atoms with van der Waals surface area (Å²) in [5.74, 6) is 1.15. The van der Waals surface area contributed by atoms with Crippen molar-refractivity contribution in [3.05, 3.63) is 22.9 Å². The Morgan fingerprint density at radius 3 is 2.88 bits per heavy atom. The number of rotatable bonds is 1. The smallest absolute Gasteiger partial charge is 0.343 e. The predicted octanol–water partition coefficient (Wildman–Crippen LogP) is 2.31. The molecular weight excluding hydrogens is 322 g/mol. The number of hydrogen-bond acceptors (Lipinski definition) is 6. The van der Waals surface area contributed by atoms with E-state index in [9.17, 15) is 4.79 Å². The molecule has 2 bridgehead atoms. The van der Waals surface area contributed by atoms with Gasteiger partial charge in [-0.15, -0.1) is 0 Å². The van der Waals surface area contributed by atoms with Crippen molar-refractivity contribution in [2.24, 2.45) is 11.8 Å². The van der Waals surface area contributed by atoms with Crippen molar-refractivity contribution in [2.75, 3.05) is 20.2 Å². The van der Waals surface area contributed by atoms with E-state index in [1.54, 1.807) is 14.0 Å². The maximum absolute atomic E-state index is 12.0. The van der Waals surface area contributed by atoms with E-state index in [1.807, 2.05) is 0 Å². The number of nitrogens with zero attached hydrogens (tertiary/aromatic N) is 1. The van der Waals surface area contributed by atoms with Gasteiger partial charge in [0.2, 0.25) is 11.5 Å². The molecule has 136 valence electrons. The summed E-state index contributed by atoms with van der Waals surface area (Å²) in [5.41, 5.74) is 0.497. The second-order valence-electron chi connectivity index (χ2n) is 7.90. The van der Waals surface area contributed by atoms with Crippen molar-refractivity contribution < 1.29 is 23.7 Å². The number of ether oxygens (including phenoxy) is 4. The van der Waals surface area contributed by atoms with Gasteiger partial charge in [-0.1, -0.05) is 6.92 Å². The van der Waals surface area contributed by atoms with Crippen LogP contribution in [0.5, 0.6) is 0 Å². The number of carbonyl (C=O) groups excluding carboxylic acids is 1. The summed E-state index contributed by atoms with van der Waals surface area (Å²) in [6.07, 6.45) is 4.53. The lowest BCUT2D eigenvalue weighted by molar-refractivity contribution is -0.210. The second kappa shape index (κ2) is 5.24. The van der Waals surface area contributed by atoms with E-state index in [1.165, 1.54) is 6.42 Å². The van der Waals surface area contributed by atoms with E-state index in [2.05, 4.69) is 11.8 Å². The minimum absolute atomic E-state index is 0.132. The van der Waals surface area contributed by atoms with Crippen molar-refractivity contribution in [3.63, 3.8) is 0 Å². The summed E-state index contributed by atoms with van der Waals surface area (Å²) in [5, 5.41) is 0. The van der Waals surface area contributed by atoms with Gasteiger partial charge in [0.25, 0.3) is 0 Å². The van der Waals surface area contributed by atoms with E-state index >= 15 is 0 Å². The maximum atomic E-state index is 12.0. The third-order valence-electron chi connectivity index (χ3n) is 6.64. The Morgan fingerprint density at radius 2 is 2.08 bits per heavy atom. The standard InChI is InChI=1S/C19H25NO5/c1-10-13-14-12-6-4-8-20(14)9-5-7-19(13,24-12)25-16(10)17-15(22-3)11(2)18(21)23-17/h10,12-14H,4-9H2,1-3H3/b17-16-/t10-,12+,13+,14-,19+/m0/s1. The van der Waals surface area contributed by atoms with Crippen molar-refractivity contribution >= 4 is 5.97 Å². The molecule has 5 aliphatic rings. The fraction of sp³-hybridized carbons (Fsp3) is 0.737. The first-order valence-corrected chi connectivity index (χ1v) is 9.38. The first kappa shape index (κ1) is 15.7. The summed E-state index contributed by atoms with van der Waals surface area (Å²) < 4.78 is 24.0. The summed E-state index contributed by atoms with van der Waals surface area (Å²) >= 11 is 0. The van der Waals surface area contributed by atoms with Crippen LogP contribution in [-0.4, -0.2) is 49.0 Å². The molecule has 0 saturated carbocycles. The molecular formula is C19H25NO5. The molecule has 5 rings (SSSR count). The van der Waals surface area contributed by atoms with Gasteiger partial charge >= 0.3 is 5.97 Å².